The Bertz CT molecular complexity index is 214. The minimum Gasteiger partial charge on any atom is -0.366 e. The van der Waals surface area contributed by atoms with Gasteiger partial charge in [0.2, 0.25) is 0 Å². The van der Waals surface area contributed by atoms with Crippen LogP contribution in [0.4, 0.5) is 0 Å². The molecule has 0 saturated carbocycles. The Morgan fingerprint density at radius 2 is 0.818 bits per heavy atom. The second-order valence-corrected chi connectivity index (χ2v) is 7.04. The zero-order valence-electron chi connectivity index (χ0n) is 15.4. The van der Waals surface area contributed by atoms with Gasteiger partial charge in [-0.1, -0.05) is 104 Å². The number of rotatable bonds is 17. The van der Waals surface area contributed by atoms with Crippen LogP contribution in [0.3, 0.4) is 0 Å². The van der Waals surface area contributed by atoms with Crippen molar-refractivity contribution in [3.05, 3.63) is 0 Å². The minimum atomic E-state index is -1.42. The van der Waals surface area contributed by atoms with E-state index in [1.165, 1.54) is 83.5 Å². The van der Waals surface area contributed by atoms with Gasteiger partial charge in [-0.25, -0.2) is 0 Å². The van der Waals surface area contributed by atoms with E-state index in [0.717, 1.165) is 12.8 Å². The third kappa shape index (κ3) is 16.3. The van der Waals surface area contributed by atoms with Crippen molar-refractivity contribution in [2.24, 2.45) is 0 Å². The van der Waals surface area contributed by atoms with Gasteiger partial charge < -0.3 is 10.2 Å². The molecule has 0 spiro atoms. The summed E-state index contributed by atoms with van der Waals surface area (Å²) < 4.78 is 0. The molecule has 134 valence electrons. The first-order chi connectivity index (χ1) is 10.6. The highest BCUT2D eigenvalue weighted by atomic mass is 16.5. The smallest absolute Gasteiger partial charge is 0.162 e. The molecule has 0 radical (unpaired) electrons. The van der Waals surface area contributed by atoms with E-state index in [2.05, 4.69) is 6.92 Å². The van der Waals surface area contributed by atoms with Gasteiger partial charge in [0.1, 0.15) is 0 Å². The Morgan fingerprint density at radius 1 is 0.500 bits per heavy atom. The quantitative estimate of drug-likeness (QED) is 0.243. The number of hydrogen-bond donors (Lipinski definition) is 2. The molecular formula is C20H42O2. The lowest BCUT2D eigenvalue weighted by Gasteiger charge is -2.19. The standard InChI is InChI=1S/C20H42O2/c1-3-5-6-7-8-9-10-11-12-13-14-15-16-17-18-19-20(21,22)4-2/h21-22H,3-19H2,1-2H3. The van der Waals surface area contributed by atoms with Crippen molar-refractivity contribution in [1.29, 1.82) is 0 Å². The molecule has 0 aromatic rings. The van der Waals surface area contributed by atoms with Crippen molar-refractivity contribution in [2.75, 3.05) is 0 Å². The van der Waals surface area contributed by atoms with Crippen LogP contribution < -0.4 is 0 Å². The van der Waals surface area contributed by atoms with Gasteiger partial charge in [-0.3, -0.25) is 0 Å². The fourth-order valence-electron chi connectivity index (χ4n) is 2.96. The average molecular weight is 315 g/mol. The first kappa shape index (κ1) is 21.9. The molecule has 0 aromatic heterocycles. The van der Waals surface area contributed by atoms with Crippen LogP contribution in [0, 0.1) is 0 Å². The maximum absolute atomic E-state index is 9.48. The lowest BCUT2D eigenvalue weighted by molar-refractivity contribution is -0.167. The van der Waals surface area contributed by atoms with E-state index in [-0.39, 0.29) is 0 Å². The van der Waals surface area contributed by atoms with Crippen LogP contribution in [0.15, 0.2) is 0 Å². The van der Waals surface area contributed by atoms with Gasteiger partial charge in [-0.05, 0) is 12.8 Å². The Labute approximate surface area is 139 Å². The van der Waals surface area contributed by atoms with Crippen LogP contribution >= 0.6 is 0 Å². The van der Waals surface area contributed by atoms with Crippen LogP contribution in [0.25, 0.3) is 0 Å². The molecule has 2 nitrogen and oxygen atoms in total. The van der Waals surface area contributed by atoms with Gasteiger partial charge >= 0.3 is 0 Å². The fraction of sp³-hybridized carbons (Fsp3) is 1.00. The van der Waals surface area contributed by atoms with Crippen molar-refractivity contribution in [1.82, 2.24) is 0 Å². The topological polar surface area (TPSA) is 40.5 Å². The predicted octanol–water partition coefficient (Wildman–Crippen LogP) is 6.34. The van der Waals surface area contributed by atoms with E-state index in [9.17, 15) is 10.2 Å². The molecule has 0 aliphatic carbocycles. The monoisotopic (exact) mass is 314 g/mol. The Hall–Kier alpha value is -0.0800. The van der Waals surface area contributed by atoms with Crippen LogP contribution in [-0.4, -0.2) is 16.0 Å². The second-order valence-electron chi connectivity index (χ2n) is 7.04. The molecule has 0 atom stereocenters. The first-order valence-corrected chi connectivity index (χ1v) is 10.1. The Balaban J connectivity index is 3.06. The summed E-state index contributed by atoms with van der Waals surface area (Å²) in [6.45, 7) is 4.10. The molecule has 2 N–H and O–H groups in total. The van der Waals surface area contributed by atoms with E-state index in [1.54, 1.807) is 0 Å². The van der Waals surface area contributed by atoms with Crippen molar-refractivity contribution >= 4 is 0 Å². The number of hydrogen-bond acceptors (Lipinski definition) is 2. The molecule has 0 fully saturated rings. The normalized spacial score (nSPS) is 12.0. The molecule has 22 heavy (non-hydrogen) atoms. The Kier molecular flexibility index (Phi) is 15.7. The summed E-state index contributed by atoms with van der Waals surface area (Å²) in [5.41, 5.74) is 0. The lowest BCUT2D eigenvalue weighted by Crippen LogP contribution is -2.26. The minimum absolute atomic E-state index is 0.436. The molecular weight excluding hydrogens is 272 g/mol. The SMILES string of the molecule is CCCCCCCCCCCCCCCCCC(O)(O)CC. The summed E-state index contributed by atoms with van der Waals surface area (Å²) in [5.74, 6) is -1.42. The molecule has 0 bridgehead atoms. The molecule has 2 heteroatoms. The summed E-state index contributed by atoms with van der Waals surface area (Å²) in [6.07, 6.45) is 21.1. The molecule has 0 rings (SSSR count). The van der Waals surface area contributed by atoms with Crippen molar-refractivity contribution < 1.29 is 10.2 Å². The van der Waals surface area contributed by atoms with Gasteiger partial charge in [0.05, 0.1) is 0 Å². The van der Waals surface area contributed by atoms with E-state index in [1.807, 2.05) is 6.92 Å². The van der Waals surface area contributed by atoms with Crippen LogP contribution in [0.2, 0.25) is 0 Å². The number of unbranched alkanes of at least 4 members (excludes halogenated alkanes) is 14. The molecule has 0 unspecified atom stereocenters. The zero-order chi connectivity index (χ0) is 16.5. The molecule has 0 saturated heterocycles. The maximum atomic E-state index is 9.48. The summed E-state index contributed by atoms with van der Waals surface area (Å²) in [7, 11) is 0. The van der Waals surface area contributed by atoms with Gasteiger partial charge in [-0.2, -0.15) is 0 Å². The third-order valence-electron chi connectivity index (χ3n) is 4.75. The predicted molar refractivity (Wildman–Crippen MR) is 97.0 cm³/mol. The van der Waals surface area contributed by atoms with Gasteiger partial charge in [0.25, 0.3) is 0 Å². The molecule has 0 aliphatic heterocycles. The van der Waals surface area contributed by atoms with Crippen molar-refractivity contribution in [3.63, 3.8) is 0 Å². The molecule has 0 aromatic carbocycles. The molecule has 0 heterocycles. The first-order valence-electron chi connectivity index (χ1n) is 10.1. The maximum Gasteiger partial charge on any atom is 0.162 e. The van der Waals surface area contributed by atoms with E-state index >= 15 is 0 Å². The fourth-order valence-corrected chi connectivity index (χ4v) is 2.96. The summed E-state index contributed by atoms with van der Waals surface area (Å²) in [4.78, 5) is 0. The van der Waals surface area contributed by atoms with Gasteiger partial charge in [0.15, 0.2) is 5.79 Å². The van der Waals surface area contributed by atoms with E-state index in [4.69, 9.17) is 0 Å². The second kappa shape index (κ2) is 15.8. The van der Waals surface area contributed by atoms with Gasteiger partial charge in [0, 0.05) is 6.42 Å². The zero-order valence-corrected chi connectivity index (χ0v) is 15.4. The highest BCUT2D eigenvalue weighted by Gasteiger charge is 2.18. The van der Waals surface area contributed by atoms with Crippen LogP contribution in [0.1, 0.15) is 123 Å². The molecule has 0 aliphatic rings. The number of aliphatic hydroxyl groups is 2. The lowest BCUT2D eigenvalue weighted by atomic mass is 10.0. The highest BCUT2D eigenvalue weighted by Crippen LogP contribution is 2.17. The summed E-state index contributed by atoms with van der Waals surface area (Å²) >= 11 is 0. The van der Waals surface area contributed by atoms with E-state index < -0.39 is 5.79 Å². The highest BCUT2D eigenvalue weighted by molar-refractivity contribution is 4.61. The van der Waals surface area contributed by atoms with E-state index in [0.29, 0.717) is 12.8 Å². The van der Waals surface area contributed by atoms with Crippen molar-refractivity contribution in [2.45, 2.75) is 129 Å². The van der Waals surface area contributed by atoms with Gasteiger partial charge in [-0.15, -0.1) is 0 Å². The summed E-state index contributed by atoms with van der Waals surface area (Å²) in [5, 5.41) is 19.0. The average Bonchev–Trinajstić information content (AvgIpc) is 2.51. The largest absolute Gasteiger partial charge is 0.366 e. The van der Waals surface area contributed by atoms with Crippen molar-refractivity contribution in [3.8, 4) is 0 Å². The third-order valence-corrected chi connectivity index (χ3v) is 4.75. The molecule has 0 amide bonds. The van der Waals surface area contributed by atoms with Crippen LogP contribution in [0.5, 0.6) is 0 Å². The Morgan fingerprint density at radius 3 is 1.14 bits per heavy atom. The van der Waals surface area contributed by atoms with Crippen LogP contribution in [-0.2, 0) is 0 Å². The summed E-state index contributed by atoms with van der Waals surface area (Å²) in [6, 6.07) is 0.